The van der Waals surface area contributed by atoms with E-state index in [2.05, 4.69) is 0 Å². The summed E-state index contributed by atoms with van der Waals surface area (Å²) in [5.74, 6) is 1.06. The lowest BCUT2D eigenvalue weighted by Crippen LogP contribution is -2.10. The van der Waals surface area contributed by atoms with Crippen LogP contribution in [0.25, 0.3) is 5.69 Å². The second-order valence-electron chi connectivity index (χ2n) is 6.54. The Morgan fingerprint density at radius 1 is 1.12 bits per heavy atom. The summed E-state index contributed by atoms with van der Waals surface area (Å²) in [6.45, 7) is 0.761. The highest BCUT2D eigenvalue weighted by Gasteiger charge is 2.15. The zero-order valence-corrected chi connectivity index (χ0v) is 15.2. The van der Waals surface area contributed by atoms with E-state index in [1.54, 1.807) is 0 Å². The van der Waals surface area contributed by atoms with Crippen LogP contribution in [0, 0.1) is 0 Å². The van der Waals surface area contributed by atoms with E-state index in [9.17, 15) is 4.79 Å². The van der Waals surface area contributed by atoms with Crippen LogP contribution < -0.4 is 4.74 Å². The molecule has 4 heteroatoms. The van der Waals surface area contributed by atoms with E-state index < -0.39 is 0 Å². The van der Waals surface area contributed by atoms with Crippen molar-refractivity contribution in [2.75, 3.05) is 6.61 Å². The molecule has 0 aliphatic carbocycles. The molecule has 26 heavy (non-hydrogen) atoms. The standard InChI is InChI=1S/C22H20ClNO2/c23-19-7-3-5-16(22(19)24-12-1-2-13-24)8-10-20(25)17-9-11-21-18(15-17)6-4-14-26-21/h1-3,5,7,9,11-13,15H,4,6,8,10,14H2. The lowest BCUT2D eigenvalue weighted by molar-refractivity contribution is 0.0982. The fourth-order valence-electron chi connectivity index (χ4n) is 3.46. The number of halogens is 1. The Kier molecular flexibility index (Phi) is 4.81. The Morgan fingerprint density at radius 2 is 1.96 bits per heavy atom. The normalized spacial score (nSPS) is 13.1. The third-order valence-electron chi connectivity index (χ3n) is 4.78. The summed E-state index contributed by atoms with van der Waals surface area (Å²) < 4.78 is 7.63. The summed E-state index contributed by atoms with van der Waals surface area (Å²) in [4.78, 5) is 12.7. The largest absolute Gasteiger partial charge is 0.493 e. The Morgan fingerprint density at radius 3 is 2.81 bits per heavy atom. The van der Waals surface area contributed by atoms with E-state index in [-0.39, 0.29) is 5.78 Å². The van der Waals surface area contributed by atoms with Crippen molar-refractivity contribution in [3.63, 3.8) is 0 Å². The molecule has 0 N–H and O–H groups in total. The number of aromatic nitrogens is 1. The molecule has 3 nitrogen and oxygen atoms in total. The molecular formula is C22H20ClNO2. The minimum Gasteiger partial charge on any atom is -0.493 e. The Labute approximate surface area is 158 Å². The fraction of sp³-hybridized carbons (Fsp3) is 0.227. The SMILES string of the molecule is O=C(CCc1cccc(Cl)c1-n1cccc1)c1ccc2c(c1)CCCO2. The smallest absolute Gasteiger partial charge is 0.163 e. The summed E-state index contributed by atoms with van der Waals surface area (Å²) >= 11 is 6.41. The summed E-state index contributed by atoms with van der Waals surface area (Å²) in [7, 11) is 0. The van der Waals surface area contributed by atoms with Gasteiger partial charge in [-0.1, -0.05) is 23.7 Å². The van der Waals surface area contributed by atoms with Crippen LogP contribution in [0.4, 0.5) is 0 Å². The molecule has 0 spiro atoms. The van der Waals surface area contributed by atoms with Crippen molar-refractivity contribution < 1.29 is 9.53 Å². The maximum atomic E-state index is 12.7. The molecule has 2 aromatic carbocycles. The molecule has 0 atom stereocenters. The van der Waals surface area contributed by atoms with Gasteiger partial charge in [-0.3, -0.25) is 4.79 Å². The van der Waals surface area contributed by atoms with Crippen molar-refractivity contribution in [1.82, 2.24) is 4.57 Å². The summed E-state index contributed by atoms with van der Waals surface area (Å²) in [5, 5.41) is 0.692. The van der Waals surface area contributed by atoms with Gasteiger partial charge in [0.1, 0.15) is 5.75 Å². The maximum Gasteiger partial charge on any atom is 0.163 e. The predicted octanol–water partition coefficient (Wildman–Crippen LogP) is 5.27. The maximum absolute atomic E-state index is 12.7. The minimum absolute atomic E-state index is 0.150. The Hall–Kier alpha value is -2.52. The lowest BCUT2D eigenvalue weighted by Gasteiger charge is -2.17. The molecule has 0 saturated heterocycles. The van der Waals surface area contributed by atoms with Gasteiger partial charge in [0.15, 0.2) is 5.78 Å². The second-order valence-corrected chi connectivity index (χ2v) is 6.94. The average Bonchev–Trinajstić information content (AvgIpc) is 3.20. The van der Waals surface area contributed by atoms with Gasteiger partial charge in [-0.05, 0) is 66.8 Å². The fourth-order valence-corrected chi connectivity index (χ4v) is 3.75. The number of benzene rings is 2. The predicted molar refractivity (Wildman–Crippen MR) is 104 cm³/mol. The first-order valence-corrected chi connectivity index (χ1v) is 9.30. The van der Waals surface area contributed by atoms with Crippen LogP contribution in [0.2, 0.25) is 5.02 Å². The number of para-hydroxylation sites is 1. The van der Waals surface area contributed by atoms with Crippen LogP contribution in [0.15, 0.2) is 60.9 Å². The van der Waals surface area contributed by atoms with Gasteiger partial charge in [0, 0.05) is 24.4 Å². The number of ether oxygens (including phenoxy) is 1. The van der Waals surface area contributed by atoms with Gasteiger partial charge in [-0.25, -0.2) is 0 Å². The van der Waals surface area contributed by atoms with E-state index in [0.29, 0.717) is 17.9 Å². The molecule has 2 heterocycles. The van der Waals surface area contributed by atoms with Gasteiger partial charge in [-0.2, -0.15) is 0 Å². The van der Waals surface area contributed by atoms with E-state index in [1.165, 1.54) is 0 Å². The van der Waals surface area contributed by atoms with Crippen LogP contribution in [0.3, 0.4) is 0 Å². The Bertz CT molecular complexity index is 931. The highest BCUT2D eigenvalue weighted by molar-refractivity contribution is 6.32. The lowest BCUT2D eigenvalue weighted by atomic mass is 9.97. The van der Waals surface area contributed by atoms with Crippen LogP contribution in [-0.2, 0) is 12.8 Å². The van der Waals surface area contributed by atoms with Gasteiger partial charge >= 0.3 is 0 Å². The minimum atomic E-state index is 0.150. The third-order valence-corrected chi connectivity index (χ3v) is 5.09. The molecule has 3 aromatic rings. The number of carbonyl (C=O) groups is 1. The zero-order valence-electron chi connectivity index (χ0n) is 14.5. The Balaban J connectivity index is 1.53. The van der Waals surface area contributed by atoms with Gasteiger partial charge < -0.3 is 9.30 Å². The molecule has 1 aliphatic rings. The van der Waals surface area contributed by atoms with Crippen LogP contribution in [0.5, 0.6) is 5.75 Å². The number of hydrogen-bond donors (Lipinski definition) is 0. The zero-order chi connectivity index (χ0) is 17.9. The molecule has 0 fully saturated rings. The van der Waals surface area contributed by atoms with Crippen LogP contribution >= 0.6 is 11.6 Å². The van der Waals surface area contributed by atoms with Gasteiger partial charge in [-0.15, -0.1) is 0 Å². The number of nitrogens with zero attached hydrogens (tertiary/aromatic N) is 1. The molecule has 0 saturated carbocycles. The van der Waals surface area contributed by atoms with Crippen molar-refractivity contribution in [2.24, 2.45) is 0 Å². The average molecular weight is 366 g/mol. The summed E-state index contributed by atoms with van der Waals surface area (Å²) in [6.07, 6.45) is 7.02. The summed E-state index contributed by atoms with van der Waals surface area (Å²) in [5.41, 5.74) is 3.92. The molecule has 1 aliphatic heterocycles. The van der Waals surface area contributed by atoms with Crippen molar-refractivity contribution in [3.8, 4) is 11.4 Å². The van der Waals surface area contributed by atoms with E-state index >= 15 is 0 Å². The number of rotatable bonds is 5. The molecule has 0 bridgehead atoms. The van der Waals surface area contributed by atoms with E-state index in [1.807, 2.05) is 65.5 Å². The first-order chi connectivity index (χ1) is 12.7. The topological polar surface area (TPSA) is 31.2 Å². The molecule has 1 aromatic heterocycles. The van der Waals surface area contributed by atoms with Crippen molar-refractivity contribution in [1.29, 1.82) is 0 Å². The molecule has 4 rings (SSSR count). The van der Waals surface area contributed by atoms with Gasteiger partial charge in [0.25, 0.3) is 0 Å². The number of aryl methyl sites for hydroxylation is 2. The number of hydrogen-bond acceptors (Lipinski definition) is 2. The molecule has 132 valence electrons. The van der Waals surface area contributed by atoms with Crippen molar-refractivity contribution >= 4 is 17.4 Å². The quantitative estimate of drug-likeness (QED) is 0.576. The number of ketones is 1. The van der Waals surface area contributed by atoms with Crippen molar-refractivity contribution in [2.45, 2.75) is 25.7 Å². The highest BCUT2D eigenvalue weighted by atomic mass is 35.5. The highest BCUT2D eigenvalue weighted by Crippen LogP contribution is 2.28. The number of fused-ring (bicyclic) bond motifs is 1. The van der Waals surface area contributed by atoms with E-state index in [4.69, 9.17) is 16.3 Å². The van der Waals surface area contributed by atoms with Gasteiger partial charge in [0.05, 0.1) is 17.3 Å². The van der Waals surface area contributed by atoms with Gasteiger partial charge in [0.2, 0.25) is 0 Å². The van der Waals surface area contributed by atoms with Crippen LogP contribution in [-0.4, -0.2) is 17.0 Å². The van der Waals surface area contributed by atoms with Crippen LogP contribution in [0.1, 0.15) is 34.3 Å². The first-order valence-electron chi connectivity index (χ1n) is 8.92. The summed E-state index contributed by atoms with van der Waals surface area (Å²) in [6, 6.07) is 15.6. The molecule has 0 radical (unpaired) electrons. The first kappa shape index (κ1) is 16.9. The molecule has 0 unspecified atom stereocenters. The van der Waals surface area contributed by atoms with E-state index in [0.717, 1.165) is 47.6 Å². The molecular weight excluding hydrogens is 346 g/mol. The molecule has 0 amide bonds. The number of Topliss-reactive ketones (excluding diaryl/α,β-unsaturated/α-hetero) is 1. The van der Waals surface area contributed by atoms with Crippen molar-refractivity contribution in [3.05, 3.63) is 82.6 Å². The third kappa shape index (κ3) is 3.40. The monoisotopic (exact) mass is 365 g/mol. The number of carbonyl (C=O) groups excluding carboxylic acids is 1. The second kappa shape index (κ2) is 7.38.